The first-order valence-electron chi connectivity index (χ1n) is 11.0. The third kappa shape index (κ3) is 4.74. The highest BCUT2D eigenvalue weighted by molar-refractivity contribution is 5.96. The zero-order valence-corrected chi connectivity index (χ0v) is 19.5. The van der Waals surface area contributed by atoms with Crippen molar-refractivity contribution in [3.63, 3.8) is 0 Å². The first-order valence-corrected chi connectivity index (χ1v) is 11.0. The Morgan fingerprint density at radius 2 is 1.86 bits per heavy atom. The number of ether oxygens (including phenoxy) is 2. The van der Waals surface area contributed by atoms with Crippen LogP contribution in [0, 0.1) is 17.1 Å². The van der Waals surface area contributed by atoms with Gasteiger partial charge in [0.2, 0.25) is 11.9 Å². The van der Waals surface area contributed by atoms with Crippen LogP contribution in [-0.4, -0.2) is 61.2 Å². The predicted molar refractivity (Wildman–Crippen MR) is 129 cm³/mol. The lowest BCUT2D eigenvalue weighted by Crippen LogP contribution is -2.49. The standard InChI is InChI=1S/C24H26FN7O3/c1-34-19-11-16-21(17(13-26)22(19)35-2)29-24(30-23(16)28)32-9-7-31(8-10-32)20(33)12-18(27)14-3-5-15(25)6-4-14/h3-6,11,18H,7-10,12,27H2,1-2H3,(H2,28,29,30). The van der Waals surface area contributed by atoms with E-state index in [4.69, 9.17) is 20.9 Å². The van der Waals surface area contributed by atoms with Crippen LogP contribution < -0.4 is 25.8 Å². The highest BCUT2D eigenvalue weighted by atomic mass is 19.1. The van der Waals surface area contributed by atoms with Gasteiger partial charge in [-0.15, -0.1) is 0 Å². The molecule has 0 aliphatic carbocycles. The van der Waals surface area contributed by atoms with Gasteiger partial charge in [-0.3, -0.25) is 4.79 Å². The van der Waals surface area contributed by atoms with Crippen molar-refractivity contribution in [1.82, 2.24) is 14.9 Å². The summed E-state index contributed by atoms with van der Waals surface area (Å²) in [5.74, 6) is 0.800. The van der Waals surface area contributed by atoms with Crippen LogP contribution in [0.25, 0.3) is 10.9 Å². The second-order valence-corrected chi connectivity index (χ2v) is 8.13. The maximum absolute atomic E-state index is 13.1. The summed E-state index contributed by atoms with van der Waals surface area (Å²) < 4.78 is 23.8. The molecule has 1 atom stereocenters. The molecular formula is C24H26FN7O3. The van der Waals surface area contributed by atoms with Gasteiger partial charge in [-0.1, -0.05) is 12.1 Å². The van der Waals surface area contributed by atoms with Gasteiger partial charge in [-0.2, -0.15) is 10.2 Å². The van der Waals surface area contributed by atoms with Gasteiger partial charge < -0.3 is 30.7 Å². The summed E-state index contributed by atoms with van der Waals surface area (Å²) in [4.78, 5) is 25.5. The molecule has 1 fully saturated rings. The van der Waals surface area contributed by atoms with Crippen molar-refractivity contribution < 1.29 is 18.7 Å². The average molecular weight is 480 g/mol. The average Bonchev–Trinajstić information content (AvgIpc) is 2.87. The number of nitriles is 1. The van der Waals surface area contributed by atoms with Crippen molar-refractivity contribution >= 4 is 28.6 Å². The molecule has 182 valence electrons. The molecule has 1 aromatic heterocycles. The molecule has 0 saturated carbocycles. The van der Waals surface area contributed by atoms with E-state index in [1.807, 2.05) is 4.90 Å². The van der Waals surface area contributed by atoms with Gasteiger partial charge in [0.05, 0.1) is 19.7 Å². The van der Waals surface area contributed by atoms with Gasteiger partial charge in [0, 0.05) is 44.0 Å². The molecule has 0 radical (unpaired) electrons. The van der Waals surface area contributed by atoms with E-state index in [0.717, 1.165) is 0 Å². The Kier molecular flexibility index (Phi) is 6.84. The molecule has 0 bridgehead atoms. The summed E-state index contributed by atoms with van der Waals surface area (Å²) in [6, 6.07) is 9.10. The molecule has 4 N–H and O–H groups in total. The summed E-state index contributed by atoms with van der Waals surface area (Å²) >= 11 is 0. The molecule has 1 aliphatic heterocycles. The van der Waals surface area contributed by atoms with E-state index < -0.39 is 6.04 Å². The van der Waals surface area contributed by atoms with Crippen LogP contribution in [0.2, 0.25) is 0 Å². The van der Waals surface area contributed by atoms with E-state index in [0.29, 0.717) is 54.3 Å². The molecule has 3 aromatic rings. The lowest BCUT2D eigenvalue weighted by atomic mass is 10.0. The number of anilines is 2. The first kappa shape index (κ1) is 24.0. The quantitative estimate of drug-likeness (QED) is 0.542. The third-order valence-corrected chi connectivity index (χ3v) is 6.07. The second-order valence-electron chi connectivity index (χ2n) is 8.13. The van der Waals surface area contributed by atoms with Crippen molar-refractivity contribution in [2.45, 2.75) is 12.5 Å². The Hall–Kier alpha value is -4.17. The highest BCUT2D eigenvalue weighted by Crippen LogP contribution is 2.38. The Labute approximate surface area is 201 Å². The number of amides is 1. The van der Waals surface area contributed by atoms with Gasteiger partial charge in [-0.25, -0.2) is 9.37 Å². The van der Waals surface area contributed by atoms with Crippen molar-refractivity contribution in [1.29, 1.82) is 5.26 Å². The Morgan fingerprint density at radius 3 is 2.46 bits per heavy atom. The maximum atomic E-state index is 13.1. The van der Waals surface area contributed by atoms with Crippen molar-refractivity contribution in [3.8, 4) is 17.6 Å². The highest BCUT2D eigenvalue weighted by Gasteiger charge is 2.26. The largest absolute Gasteiger partial charge is 0.493 e. The number of rotatable bonds is 6. The van der Waals surface area contributed by atoms with Gasteiger partial charge in [-0.05, 0) is 23.8 Å². The lowest BCUT2D eigenvalue weighted by molar-refractivity contribution is -0.131. The van der Waals surface area contributed by atoms with Crippen LogP contribution in [0.3, 0.4) is 0 Å². The number of methoxy groups -OCH3 is 2. The fourth-order valence-corrected chi connectivity index (χ4v) is 4.14. The second kappa shape index (κ2) is 9.99. The van der Waals surface area contributed by atoms with E-state index >= 15 is 0 Å². The molecule has 1 aliphatic rings. The number of carbonyl (C=O) groups excluding carboxylic acids is 1. The van der Waals surface area contributed by atoms with E-state index in [-0.39, 0.29) is 35.3 Å². The normalized spacial score (nSPS) is 14.5. The number of piperazine rings is 1. The minimum Gasteiger partial charge on any atom is -0.493 e. The number of benzene rings is 2. The number of nitrogen functional groups attached to an aromatic ring is 1. The van der Waals surface area contributed by atoms with Crippen molar-refractivity contribution in [2.24, 2.45) is 5.73 Å². The monoisotopic (exact) mass is 479 g/mol. The van der Waals surface area contributed by atoms with E-state index in [9.17, 15) is 14.4 Å². The van der Waals surface area contributed by atoms with Gasteiger partial charge >= 0.3 is 0 Å². The first-order chi connectivity index (χ1) is 16.9. The van der Waals surface area contributed by atoms with Gasteiger partial charge in [0.25, 0.3) is 0 Å². The number of carbonyl (C=O) groups is 1. The Balaban J connectivity index is 1.49. The molecule has 2 aromatic carbocycles. The van der Waals surface area contributed by atoms with E-state index in [1.54, 1.807) is 23.1 Å². The van der Waals surface area contributed by atoms with Gasteiger partial charge in [0.1, 0.15) is 23.3 Å². The van der Waals surface area contributed by atoms with Crippen molar-refractivity contribution in [2.75, 3.05) is 51.0 Å². The lowest BCUT2D eigenvalue weighted by Gasteiger charge is -2.35. The zero-order chi connectivity index (χ0) is 25.1. The Morgan fingerprint density at radius 1 is 1.17 bits per heavy atom. The van der Waals surface area contributed by atoms with Crippen molar-refractivity contribution in [3.05, 3.63) is 47.3 Å². The molecular weight excluding hydrogens is 453 g/mol. The molecule has 0 spiro atoms. The molecule has 4 rings (SSSR count). The minimum absolute atomic E-state index is 0.0796. The Bertz CT molecular complexity index is 1290. The number of nitrogens with zero attached hydrogens (tertiary/aromatic N) is 5. The topological polar surface area (TPSA) is 144 Å². The summed E-state index contributed by atoms with van der Waals surface area (Å²) in [6.07, 6.45) is 0.123. The SMILES string of the molecule is COc1cc2c(N)nc(N3CCN(C(=O)CC(N)c4ccc(F)cc4)CC3)nc2c(C#N)c1OC. The van der Waals surface area contributed by atoms with E-state index in [1.165, 1.54) is 26.4 Å². The zero-order valence-electron chi connectivity index (χ0n) is 19.5. The summed E-state index contributed by atoms with van der Waals surface area (Å²) in [7, 11) is 2.93. The summed E-state index contributed by atoms with van der Waals surface area (Å²) in [5.41, 5.74) is 13.7. The molecule has 11 heteroatoms. The third-order valence-electron chi connectivity index (χ3n) is 6.07. The van der Waals surface area contributed by atoms with Crippen LogP contribution in [0.4, 0.5) is 16.2 Å². The minimum atomic E-state index is -0.513. The fourth-order valence-electron chi connectivity index (χ4n) is 4.14. The van der Waals surface area contributed by atoms with Crippen LogP contribution in [0.1, 0.15) is 23.6 Å². The van der Waals surface area contributed by atoms with Crippen LogP contribution in [0.5, 0.6) is 11.5 Å². The summed E-state index contributed by atoms with van der Waals surface area (Å²) in [5, 5.41) is 10.2. The van der Waals surface area contributed by atoms with Crippen LogP contribution in [-0.2, 0) is 4.79 Å². The molecule has 2 heterocycles. The predicted octanol–water partition coefficient (Wildman–Crippen LogP) is 1.98. The summed E-state index contributed by atoms with van der Waals surface area (Å²) in [6.45, 7) is 1.87. The number of nitrogens with two attached hydrogens (primary N) is 2. The number of hydrogen-bond donors (Lipinski definition) is 2. The molecule has 1 unspecified atom stereocenters. The molecule has 1 saturated heterocycles. The van der Waals surface area contributed by atoms with E-state index in [2.05, 4.69) is 16.0 Å². The smallest absolute Gasteiger partial charge is 0.228 e. The maximum Gasteiger partial charge on any atom is 0.228 e. The van der Waals surface area contributed by atoms with Crippen LogP contribution >= 0.6 is 0 Å². The number of fused-ring (bicyclic) bond motifs is 1. The number of hydrogen-bond acceptors (Lipinski definition) is 9. The molecule has 1 amide bonds. The van der Waals surface area contributed by atoms with Crippen LogP contribution in [0.15, 0.2) is 30.3 Å². The molecule has 10 nitrogen and oxygen atoms in total. The number of halogens is 1. The van der Waals surface area contributed by atoms with Gasteiger partial charge in [0.15, 0.2) is 11.5 Å². The fraction of sp³-hybridized carbons (Fsp3) is 0.333. The molecule has 35 heavy (non-hydrogen) atoms. The number of aromatic nitrogens is 2.